The van der Waals surface area contributed by atoms with Crippen molar-refractivity contribution in [2.45, 2.75) is 0 Å². The Morgan fingerprint density at radius 3 is 2.24 bits per heavy atom. The van der Waals surface area contributed by atoms with E-state index in [4.69, 9.17) is 4.98 Å². The lowest BCUT2D eigenvalue weighted by Crippen LogP contribution is -2.44. The highest BCUT2D eigenvalue weighted by Crippen LogP contribution is 2.34. The van der Waals surface area contributed by atoms with E-state index in [-0.39, 0.29) is 0 Å². The molecule has 0 aliphatic carbocycles. The first-order valence-electron chi connectivity index (χ1n) is 11.7. The van der Waals surface area contributed by atoms with Crippen LogP contribution in [0.15, 0.2) is 43.0 Å². The van der Waals surface area contributed by atoms with Gasteiger partial charge in [0.05, 0.1) is 17.4 Å². The molecule has 6 rings (SSSR count). The minimum atomic E-state index is 0.923. The Kier molecular flexibility index (Phi) is 5.11. The second-order valence-electron chi connectivity index (χ2n) is 9.30. The maximum Gasteiger partial charge on any atom is 0.139 e. The van der Waals surface area contributed by atoms with Gasteiger partial charge in [-0.05, 0) is 37.9 Å². The number of hydrogen-bond acceptors (Lipinski definition) is 7. The van der Waals surface area contributed by atoms with Gasteiger partial charge in [0, 0.05) is 74.9 Å². The fourth-order valence-electron chi connectivity index (χ4n) is 4.95. The number of rotatable bonds is 3. The molecule has 1 aromatic carbocycles. The number of benzene rings is 1. The van der Waals surface area contributed by atoms with E-state index < -0.39 is 0 Å². The molecule has 0 spiro atoms. The van der Waals surface area contributed by atoms with Gasteiger partial charge in [0.25, 0.3) is 0 Å². The molecule has 0 unspecified atom stereocenters. The van der Waals surface area contributed by atoms with Crippen molar-refractivity contribution >= 4 is 33.4 Å². The molecule has 33 heavy (non-hydrogen) atoms. The fraction of sp³-hybridized carbons (Fsp3) is 0.400. The molecule has 0 amide bonds. The minimum absolute atomic E-state index is 0.923. The summed E-state index contributed by atoms with van der Waals surface area (Å²) in [6.45, 7) is 8.30. The van der Waals surface area contributed by atoms with Crippen molar-refractivity contribution in [1.29, 1.82) is 0 Å². The third-order valence-corrected chi connectivity index (χ3v) is 7.11. The van der Waals surface area contributed by atoms with Gasteiger partial charge in [0.15, 0.2) is 0 Å². The summed E-state index contributed by atoms with van der Waals surface area (Å²) in [6.07, 6.45) is 5.76. The van der Waals surface area contributed by atoms with Gasteiger partial charge in [-0.2, -0.15) is 0 Å². The molecule has 4 aromatic rings. The van der Waals surface area contributed by atoms with Crippen LogP contribution in [0.25, 0.3) is 33.1 Å². The molecule has 8 heteroatoms. The molecule has 2 aliphatic rings. The summed E-state index contributed by atoms with van der Waals surface area (Å²) >= 11 is 0. The highest BCUT2D eigenvalue weighted by molar-refractivity contribution is 5.99. The Labute approximate surface area is 193 Å². The van der Waals surface area contributed by atoms with Gasteiger partial charge in [-0.1, -0.05) is 6.07 Å². The quantitative estimate of drug-likeness (QED) is 0.523. The standard InChI is InChI=1S/C25H30N8/c1-30-5-9-32(10-6-30)19-14-20-22(16-27-24(20)26-15-19)18-3-4-23-21(13-18)25(29-17-28-23)33-11-7-31(2)8-12-33/h3-4,13-17H,5-12H2,1-2H3,(H,26,27). The van der Waals surface area contributed by atoms with Crippen molar-refractivity contribution < 1.29 is 0 Å². The number of nitrogens with one attached hydrogen (secondary N) is 1. The van der Waals surface area contributed by atoms with Crippen molar-refractivity contribution in [2.24, 2.45) is 0 Å². The first-order chi connectivity index (χ1) is 16.2. The van der Waals surface area contributed by atoms with Crippen LogP contribution in [0.3, 0.4) is 0 Å². The number of likely N-dealkylation sites (N-methyl/N-ethyl adjacent to an activating group) is 2. The lowest BCUT2D eigenvalue weighted by Gasteiger charge is -2.33. The van der Waals surface area contributed by atoms with Crippen LogP contribution in [0.1, 0.15) is 0 Å². The van der Waals surface area contributed by atoms with Crippen LogP contribution in [0.2, 0.25) is 0 Å². The average Bonchev–Trinajstić information content (AvgIpc) is 3.28. The second-order valence-corrected chi connectivity index (χ2v) is 9.30. The predicted molar refractivity (Wildman–Crippen MR) is 134 cm³/mol. The van der Waals surface area contributed by atoms with E-state index in [0.29, 0.717) is 0 Å². The largest absolute Gasteiger partial charge is 0.368 e. The fourth-order valence-corrected chi connectivity index (χ4v) is 4.95. The van der Waals surface area contributed by atoms with Crippen molar-refractivity contribution in [1.82, 2.24) is 29.7 Å². The van der Waals surface area contributed by atoms with Gasteiger partial charge in [-0.3, -0.25) is 0 Å². The Hall–Kier alpha value is -3.23. The molecule has 0 atom stereocenters. The van der Waals surface area contributed by atoms with E-state index in [2.05, 4.69) is 79.1 Å². The molecular weight excluding hydrogens is 412 g/mol. The number of anilines is 2. The van der Waals surface area contributed by atoms with Crippen LogP contribution in [-0.2, 0) is 0 Å². The normalized spacial score (nSPS) is 18.5. The summed E-state index contributed by atoms with van der Waals surface area (Å²) in [5.41, 5.74) is 5.43. The van der Waals surface area contributed by atoms with Crippen LogP contribution in [-0.4, -0.2) is 96.2 Å². The van der Waals surface area contributed by atoms with Gasteiger partial charge in [0.1, 0.15) is 17.8 Å². The molecule has 8 nitrogen and oxygen atoms in total. The van der Waals surface area contributed by atoms with Gasteiger partial charge in [-0.25, -0.2) is 15.0 Å². The molecule has 0 bridgehead atoms. The number of piperazine rings is 2. The van der Waals surface area contributed by atoms with Crippen LogP contribution < -0.4 is 9.80 Å². The van der Waals surface area contributed by atoms with Gasteiger partial charge in [-0.15, -0.1) is 0 Å². The van der Waals surface area contributed by atoms with E-state index in [0.717, 1.165) is 85.7 Å². The molecule has 3 aromatic heterocycles. The summed E-state index contributed by atoms with van der Waals surface area (Å²) in [5.74, 6) is 1.03. The van der Waals surface area contributed by atoms with E-state index in [9.17, 15) is 0 Å². The van der Waals surface area contributed by atoms with Crippen molar-refractivity contribution in [2.75, 3.05) is 76.3 Å². The first-order valence-corrected chi connectivity index (χ1v) is 11.7. The predicted octanol–water partition coefficient (Wildman–Crippen LogP) is 2.68. The number of aromatic nitrogens is 4. The zero-order valence-electron chi connectivity index (χ0n) is 19.3. The topological polar surface area (TPSA) is 67.4 Å². The van der Waals surface area contributed by atoms with Crippen molar-refractivity contribution in [3.05, 3.63) is 43.0 Å². The number of aromatic amines is 1. The van der Waals surface area contributed by atoms with E-state index >= 15 is 0 Å². The maximum atomic E-state index is 4.73. The zero-order valence-corrected chi connectivity index (χ0v) is 19.3. The van der Waals surface area contributed by atoms with E-state index in [1.807, 2.05) is 6.20 Å². The molecule has 0 radical (unpaired) electrons. The number of nitrogens with zero attached hydrogens (tertiary/aromatic N) is 7. The van der Waals surface area contributed by atoms with Crippen molar-refractivity contribution in [3.63, 3.8) is 0 Å². The molecule has 5 heterocycles. The highest BCUT2D eigenvalue weighted by atomic mass is 15.3. The first kappa shape index (κ1) is 20.4. The minimum Gasteiger partial charge on any atom is -0.368 e. The molecule has 2 saturated heterocycles. The third kappa shape index (κ3) is 3.79. The number of pyridine rings is 1. The molecular formula is C25H30N8. The summed E-state index contributed by atoms with van der Waals surface area (Å²) < 4.78 is 0. The molecule has 1 N–H and O–H groups in total. The lowest BCUT2D eigenvalue weighted by molar-refractivity contribution is 0.312. The van der Waals surface area contributed by atoms with Crippen LogP contribution in [0.4, 0.5) is 11.5 Å². The summed E-state index contributed by atoms with van der Waals surface area (Å²) in [4.78, 5) is 26.9. The van der Waals surface area contributed by atoms with Crippen LogP contribution in [0.5, 0.6) is 0 Å². The molecule has 2 aliphatic heterocycles. The summed E-state index contributed by atoms with van der Waals surface area (Å²) in [7, 11) is 4.36. The SMILES string of the molecule is CN1CCN(c2cnc3[nH]cc(-c4ccc5ncnc(N6CCN(C)CC6)c5c4)c3c2)CC1. The smallest absolute Gasteiger partial charge is 0.139 e. The monoisotopic (exact) mass is 442 g/mol. The number of H-pyrrole nitrogens is 1. The van der Waals surface area contributed by atoms with E-state index in [1.54, 1.807) is 6.33 Å². The number of fused-ring (bicyclic) bond motifs is 2. The van der Waals surface area contributed by atoms with Crippen LogP contribution in [0, 0.1) is 0 Å². The Bertz CT molecular complexity index is 1280. The Morgan fingerprint density at radius 1 is 0.758 bits per heavy atom. The maximum absolute atomic E-state index is 4.73. The third-order valence-electron chi connectivity index (χ3n) is 7.11. The van der Waals surface area contributed by atoms with Gasteiger partial charge < -0.3 is 24.6 Å². The summed E-state index contributed by atoms with van der Waals surface area (Å²) in [5, 5.41) is 2.26. The van der Waals surface area contributed by atoms with Crippen molar-refractivity contribution in [3.8, 4) is 11.1 Å². The van der Waals surface area contributed by atoms with Gasteiger partial charge in [0.2, 0.25) is 0 Å². The summed E-state index contributed by atoms with van der Waals surface area (Å²) in [6, 6.07) is 8.80. The molecule has 170 valence electrons. The zero-order chi connectivity index (χ0) is 22.4. The second kappa shape index (κ2) is 8.28. The van der Waals surface area contributed by atoms with Crippen LogP contribution >= 0.6 is 0 Å². The Balaban J connectivity index is 1.39. The molecule has 2 fully saturated rings. The lowest BCUT2D eigenvalue weighted by atomic mass is 10.0. The number of hydrogen-bond donors (Lipinski definition) is 1. The van der Waals surface area contributed by atoms with E-state index in [1.165, 1.54) is 11.3 Å². The average molecular weight is 443 g/mol. The molecule has 0 saturated carbocycles. The van der Waals surface area contributed by atoms with Gasteiger partial charge >= 0.3 is 0 Å². The Morgan fingerprint density at radius 2 is 1.48 bits per heavy atom. The highest BCUT2D eigenvalue weighted by Gasteiger charge is 2.20.